The van der Waals surface area contributed by atoms with E-state index in [0.717, 1.165) is 20.5 Å². The molecule has 0 saturated carbocycles. The summed E-state index contributed by atoms with van der Waals surface area (Å²) in [4.78, 5) is 0. The van der Waals surface area contributed by atoms with E-state index in [1.54, 1.807) is 11.0 Å². The lowest BCUT2D eigenvalue weighted by Crippen LogP contribution is -2.00. The summed E-state index contributed by atoms with van der Waals surface area (Å²) in [6.45, 7) is 1.96. The van der Waals surface area contributed by atoms with Gasteiger partial charge in [-0.05, 0) is 57.6 Å². The molecule has 0 saturated heterocycles. The van der Waals surface area contributed by atoms with Crippen LogP contribution in [0.3, 0.4) is 0 Å². The Hall–Kier alpha value is -1.18. The van der Waals surface area contributed by atoms with Crippen molar-refractivity contribution in [3.8, 4) is 5.69 Å². The maximum atomic E-state index is 5.84. The average molecular weight is 301 g/mol. The molecule has 1 heterocycles. The smallest absolute Gasteiger partial charge is 0.143 e. The highest BCUT2D eigenvalue weighted by atomic mass is 127. The number of hydrogen-bond acceptors (Lipinski definition) is 4. The maximum absolute atomic E-state index is 5.84. The van der Waals surface area contributed by atoms with Crippen molar-refractivity contribution in [2.75, 3.05) is 5.73 Å². The summed E-state index contributed by atoms with van der Waals surface area (Å²) < 4.78 is 2.61. The number of nitrogens with zero attached hydrogens (tertiary/aromatic N) is 4. The van der Waals surface area contributed by atoms with Crippen molar-refractivity contribution in [1.82, 2.24) is 20.2 Å². The first-order valence-electron chi connectivity index (χ1n) is 3.97. The van der Waals surface area contributed by atoms with Crippen LogP contribution in [0.5, 0.6) is 0 Å². The van der Waals surface area contributed by atoms with Crippen molar-refractivity contribution in [1.29, 1.82) is 0 Å². The van der Waals surface area contributed by atoms with E-state index in [4.69, 9.17) is 5.73 Å². The van der Waals surface area contributed by atoms with Crippen LogP contribution in [-0.2, 0) is 0 Å². The molecule has 0 fully saturated rings. The van der Waals surface area contributed by atoms with Crippen molar-refractivity contribution in [3.63, 3.8) is 0 Å². The van der Waals surface area contributed by atoms with Gasteiger partial charge in [0.2, 0.25) is 0 Å². The third-order valence-electron chi connectivity index (χ3n) is 1.93. The molecule has 0 aliphatic carbocycles. The van der Waals surface area contributed by atoms with Gasteiger partial charge in [-0.2, -0.15) is 0 Å². The lowest BCUT2D eigenvalue weighted by molar-refractivity contribution is 0.788. The fourth-order valence-electron chi connectivity index (χ4n) is 1.15. The second-order valence-electron chi connectivity index (χ2n) is 2.91. The van der Waals surface area contributed by atoms with Crippen molar-refractivity contribution < 1.29 is 0 Å². The normalized spacial score (nSPS) is 10.4. The van der Waals surface area contributed by atoms with Crippen molar-refractivity contribution in [3.05, 3.63) is 27.6 Å². The van der Waals surface area contributed by atoms with E-state index in [-0.39, 0.29) is 0 Å². The highest BCUT2D eigenvalue weighted by molar-refractivity contribution is 14.1. The molecule has 0 amide bonds. The van der Waals surface area contributed by atoms with E-state index in [2.05, 4.69) is 38.1 Å². The van der Waals surface area contributed by atoms with E-state index < -0.39 is 0 Å². The minimum atomic E-state index is 0.808. The Morgan fingerprint density at radius 3 is 2.79 bits per heavy atom. The summed E-state index contributed by atoms with van der Waals surface area (Å²) in [6.07, 6.45) is 1.56. The van der Waals surface area contributed by atoms with Crippen LogP contribution in [0.25, 0.3) is 5.69 Å². The molecule has 0 bridgehead atoms. The van der Waals surface area contributed by atoms with Gasteiger partial charge in [-0.3, -0.25) is 0 Å². The van der Waals surface area contributed by atoms with Crippen molar-refractivity contribution >= 4 is 28.3 Å². The summed E-state index contributed by atoms with van der Waals surface area (Å²) in [6, 6.07) is 3.90. The Morgan fingerprint density at radius 2 is 2.21 bits per heavy atom. The Labute approximate surface area is 94.4 Å². The molecule has 0 atom stereocenters. The third-order valence-corrected chi connectivity index (χ3v) is 2.83. The van der Waals surface area contributed by atoms with Crippen LogP contribution in [0.4, 0.5) is 5.69 Å². The minimum Gasteiger partial charge on any atom is -0.398 e. The summed E-state index contributed by atoms with van der Waals surface area (Å²) in [5.41, 5.74) is 8.60. The summed E-state index contributed by atoms with van der Waals surface area (Å²) in [5, 5.41) is 11.0. The molecule has 14 heavy (non-hydrogen) atoms. The predicted octanol–water partition coefficient (Wildman–Crippen LogP) is 1.16. The van der Waals surface area contributed by atoms with E-state index >= 15 is 0 Å². The topological polar surface area (TPSA) is 69.6 Å². The van der Waals surface area contributed by atoms with E-state index in [1.807, 2.05) is 19.1 Å². The lowest BCUT2D eigenvalue weighted by atomic mass is 10.2. The molecule has 1 aromatic carbocycles. The lowest BCUT2D eigenvalue weighted by Gasteiger charge is -2.06. The zero-order valence-electron chi connectivity index (χ0n) is 7.48. The number of halogens is 1. The quantitative estimate of drug-likeness (QED) is 0.634. The van der Waals surface area contributed by atoms with Gasteiger partial charge in [0.15, 0.2) is 0 Å². The molecule has 0 spiro atoms. The van der Waals surface area contributed by atoms with Crippen LogP contribution >= 0.6 is 22.6 Å². The molecule has 0 unspecified atom stereocenters. The second-order valence-corrected chi connectivity index (χ2v) is 4.07. The first-order chi connectivity index (χ1) is 6.68. The maximum Gasteiger partial charge on any atom is 0.143 e. The Kier molecular flexibility index (Phi) is 2.36. The van der Waals surface area contributed by atoms with E-state index in [9.17, 15) is 0 Å². The molecule has 0 aliphatic heterocycles. The van der Waals surface area contributed by atoms with Crippen LogP contribution in [0, 0.1) is 10.5 Å². The molecular weight excluding hydrogens is 293 g/mol. The summed E-state index contributed by atoms with van der Waals surface area (Å²) >= 11 is 2.19. The first-order valence-corrected chi connectivity index (χ1v) is 5.05. The number of tetrazole rings is 1. The number of benzene rings is 1. The molecule has 0 aliphatic rings. The molecular formula is C8H8IN5. The summed E-state index contributed by atoms with van der Waals surface area (Å²) in [5.74, 6) is 0. The number of aromatic nitrogens is 4. The van der Waals surface area contributed by atoms with Crippen LogP contribution in [0.2, 0.25) is 0 Å². The standard InChI is InChI=1S/C8H8IN5/c1-5-2-6(3-7(9)8(5)10)14-4-11-12-13-14/h2-4H,10H2,1H3. The van der Waals surface area contributed by atoms with Gasteiger partial charge in [0.1, 0.15) is 6.33 Å². The molecule has 0 radical (unpaired) electrons. The van der Waals surface area contributed by atoms with Gasteiger partial charge < -0.3 is 5.73 Å². The Morgan fingerprint density at radius 1 is 1.43 bits per heavy atom. The zero-order chi connectivity index (χ0) is 10.1. The SMILES string of the molecule is Cc1cc(-n2cnnn2)cc(I)c1N. The van der Waals surface area contributed by atoms with Crippen LogP contribution in [-0.4, -0.2) is 20.2 Å². The van der Waals surface area contributed by atoms with Gasteiger partial charge in [0.25, 0.3) is 0 Å². The number of nitrogen functional groups attached to an aromatic ring is 1. The largest absolute Gasteiger partial charge is 0.398 e. The molecule has 2 aromatic rings. The van der Waals surface area contributed by atoms with Crippen LogP contribution < -0.4 is 5.73 Å². The predicted molar refractivity (Wildman–Crippen MR) is 61.0 cm³/mol. The summed E-state index contributed by atoms with van der Waals surface area (Å²) in [7, 11) is 0. The third kappa shape index (κ3) is 1.57. The van der Waals surface area contributed by atoms with Crippen LogP contribution in [0.1, 0.15) is 5.56 Å². The van der Waals surface area contributed by atoms with Crippen molar-refractivity contribution in [2.24, 2.45) is 0 Å². The van der Waals surface area contributed by atoms with Gasteiger partial charge in [0, 0.05) is 9.26 Å². The fraction of sp³-hybridized carbons (Fsp3) is 0.125. The van der Waals surface area contributed by atoms with E-state index in [1.165, 1.54) is 0 Å². The fourth-order valence-corrected chi connectivity index (χ4v) is 1.89. The molecule has 2 rings (SSSR count). The number of aryl methyl sites for hydroxylation is 1. The zero-order valence-corrected chi connectivity index (χ0v) is 9.63. The Bertz CT molecular complexity index is 428. The second kappa shape index (κ2) is 3.52. The highest BCUT2D eigenvalue weighted by Crippen LogP contribution is 2.22. The first kappa shape index (κ1) is 9.38. The van der Waals surface area contributed by atoms with Gasteiger partial charge >= 0.3 is 0 Å². The Balaban J connectivity index is 2.57. The number of anilines is 1. The minimum absolute atomic E-state index is 0.808. The van der Waals surface area contributed by atoms with E-state index in [0.29, 0.717) is 0 Å². The molecule has 72 valence electrons. The number of hydrogen-bond donors (Lipinski definition) is 1. The molecule has 6 heteroatoms. The highest BCUT2D eigenvalue weighted by Gasteiger charge is 2.04. The van der Waals surface area contributed by atoms with Crippen molar-refractivity contribution in [2.45, 2.75) is 6.92 Å². The number of rotatable bonds is 1. The molecule has 2 N–H and O–H groups in total. The van der Waals surface area contributed by atoms with Gasteiger partial charge in [-0.15, -0.1) is 5.10 Å². The van der Waals surface area contributed by atoms with Gasteiger partial charge in [-0.25, -0.2) is 4.68 Å². The van der Waals surface area contributed by atoms with Crippen LogP contribution in [0.15, 0.2) is 18.5 Å². The van der Waals surface area contributed by atoms with Gasteiger partial charge in [-0.1, -0.05) is 0 Å². The number of nitrogens with two attached hydrogens (primary N) is 1. The monoisotopic (exact) mass is 301 g/mol. The molecule has 5 nitrogen and oxygen atoms in total. The average Bonchev–Trinajstić information content (AvgIpc) is 2.66. The molecule has 1 aromatic heterocycles. The van der Waals surface area contributed by atoms with Gasteiger partial charge in [0.05, 0.1) is 5.69 Å².